The Morgan fingerprint density at radius 2 is 1.81 bits per heavy atom. The van der Waals surface area contributed by atoms with E-state index in [1.54, 1.807) is 11.8 Å². The third-order valence-electron chi connectivity index (χ3n) is 6.29. The van der Waals surface area contributed by atoms with Gasteiger partial charge in [0.2, 0.25) is 17.7 Å². The number of nitrogens with zero attached hydrogens (tertiary/aromatic N) is 2. The van der Waals surface area contributed by atoms with Crippen LogP contribution in [0.25, 0.3) is 0 Å². The van der Waals surface area contributed by atoms with Crippen molar-refractivity contribution < 1.29 is 23.9 Å². The molecule has 8 nitrogen and oxygen atoms in total. The quantitative estimate of drug-likeness (QED) is 0.621. The molecule has 3 amide bonds. The smallest absolute Gasteiger partial charge is 0.306 e. The van der Waals surface area contributed by atoms with E-state index in [0.717, 1.165) is 5.56 Å². The van der Waals surface area contributed by atoms with Gasteiger partial charge in [0, 0.05) is 38.5 Å². The molecule has 0 aromatic heterocycles. The lowest BCUT2D eigenvalue weighted by Crippen LogP contribution is -2.48. The Morgan fingerprint density at radius 1 is 1.12 bits per heavy atom. The van der Waals surface area contributed by atoms with Crippen LogP contribution in [0.3, 0.4) is 0 Å². The van der Waals surface area contributed by atoms with Gasteiger partial charge in [-0.2, -0.15) is 0 Å². The summed E-state index contributed by atoms with van der Waals surface area (Å²) in [4.78, 5) is 52.7. The second-order valence-electron chi connectivity index (χ2n) is 8.51. The first kappa shape index (κ1) is 23.8. The summed E-state index contributed by atoms with van der Waals surface area (Å²) < 4.78 is 4.84. The monoisotopic (exact) mass is 443 g/mol. The molecule has 0 spiro atoms. The summed E-state index contributed by atoms with van der Waals surface area (Å²) in [6.07, 6.45) is 1.77. The van der Waals surface area contributed by atoms with E-state index < -0.39 is 0 Å². The molecular weight excluding hydrogens is 410 g/mol. The fourth-order valence-corrected chi connectivity index (χ4v) is 4.43. The highest BCUT2D eigenvalue weighted by Crippen LogP contribution is 2.30. The number of ether oxygens (including phenoxy) is 1. The molecule has 3 rings (SSSR count). The number of rotatable bonds is 8. The number of amides is 3. The fraction of sp³-hybridized carbons (Fsp3) is 0.583. The lowest BCUT2D eigenvalue weighted by atomic mass is 10.0. The van der Waals surface area contributed by atoms with Crippen molar-refractivity contribution in [1.29, 1.82) is 0 Å². The maximum absolute atomic E-state index is 13.0. The Labute approximate surface area is 189 Å². The van der Waals surface area contributed by atoms with Gasteiger partial charge in [-0.25, -0.2) is 0 Å². The van der Waals surface area contributed by atoms with E-state index in [1.165, 1.54) is 0 Å². The van der Waals surface area contributed by atoms with Crippen LogP contribution in [0.4, 0.5) is 0 Å². The van der Waals surface area contributed by atoms with Gasteiger partial charge in [-0.05, 0) is 32.3 Å². The molecule has 0 bridgehead atoms. The molecule has 1 aromatic carbocycles. The van der Waals surface area contributed by atoms with Crippen molar-refractivity contribution in [3.05, 3.63) is 35.9 Å². The van der Waals surface area contributed by atoms with Crippen molar-refractivity contribution >= 4 is 23.7 Å². The second kappa shape index (κ2) is 11.1. The zero-order chi connectivity index (χ0) is 23.1. The van der Waals surface area contributed by atoms with Gasteiger partial charge in [-0.1, -0.05) is 30.3 Å². The Hall–Kier alpha value is -2.90. The minimum atomic E-state index is -0.371. The molecule has 174 valence electrons. The minimum absolute atomic E-state index is 0.00597. The van der Waals surface area contributed by atoms with Crippen molar-refractivity contribution in [2.75, 3.05) is 26.2 Å². The summed E-state index contributed by atoms with van der Waals surface area (Å²) in [7, 11) is 0. The van der Waals surface area contributed by atoms with Gasteiger partial charge in [0.25, 0.3) is 0 Å². The van der Waals surface area contributed by atoms with Gasteiger partial charge in [-0.3, -0.25) is 19.2 Å². The number of nitrogens with one attached hydrogen (secondary N) is 1. The molecule has 32 heavy (non-hydrogen) atoms. The normalized spacial score (nSPS) is 20.2. The molecule has 0 radical (unpaired) electrons. The van der Waals surface area contributed by atoms with Gasteiger partial charge >= 0.3 is 5.97 Å². The van der Waals surface area contributed by atoms with Crippen molar-refractivity contribution in [3.8, 4) is 0 Å². The van der Waals surface area contributed by atoms with Crippen LogP contribution in [0, 0.1) is 5.92 Å². The maximum atomic E-state index is 13.0. The Kier molecular flexibility index (Phi) is 8.25. The molecule has 2 atom stereocenters. The van der Waals surface area contributed by atoms with Crippen LogP contribution < -0.4 is 5.32 Å². The van der Waals surface area contributed by atoms with E-state index in [0.29, 0.717) is 39.1 Å². The lowest BCUT2D eigenvalue weighted by molar-refractivity contribution is -0.144. The highest BCUT2D eigenvalue weighted by Gasteiger charge is 2.39. The van der Waals surface area contributed by atoms with Gasteiger partial charge in [-0.15, -0.1) is 0 Å². The molecule has 1 aromatic rings. The zero-order valence-corrected chi connectivity index (χ0v) is 18.9. The molecular formula is C24H33N3O5. The van der Waals surface area contributed by atoms with Gasteiger partial charge < -0.3 is 19.9 Å². The highest BCUT2D eigenvalue weighted by atomic mass is 16.5. The maximum Gasteiger partial charge on any atom is 0.306 e. The van der Waals surface area contributed by atoms with E-state index in [4.69, 9.17) is 4.74 Å². The van der Waals surface area contributed by atoms with E-state index in [1.807, 2.05) is 42.2 Å². The molecule has 1 N–H and O–H groups in total. The lowest BCUT2D eigenvalue weighted by Gasteiger charge is -2.34. The summed E-state index contributed by atoms with van der Waals surface area (Å²) in [5.41, 5.74) is 1.06. The van der Waals surface area contributed by atoms with Crippen LogP contribution in [0.5, 0.6) is 0 Å². The number of esters is 1. The molecule has 2 fully saturated rings. The van der Waals surface area contributed by atoms with E-state index in [9.17, 15) is 19.2 Å². The zero-order valence-electron chi connectivity index (χ0n) is 18.9. The Bertz CT molecular complexity index is 820. The van der Waals surface area contributed by atoms with Crippen LogP contribution >= 0.6 is 0 Å². The molecule has 2 aliphatic rings. The molecule has 2 saturated heterocycles. The Morgan fingerprint density at radius 3 is 2.47 bits per heavy atom. The number of likely N-dealkylation sites (tertiary alicyclic amines) is 2. The average Bonchev–Trinajstić information content (AvgIpc) is 3.19. The topological polar surface area (TPSA) is 96.0 Å². The second-order valence-corrected chi connectivity index (χ2v) is 8.51. The Balaban J connectivity index is 1.44. The molecule has 2 heterocycles. The SMILES string of the molecule is CCOC(=O)CCC(=O)NC1CCN(C(=O)C2CC(=O)N(C(C)c3ccccc3)C2)CC1. The molecule has 2 unspecified atom stereocenters. The summed E-state index contributed by atoms with van der Waals surface area (Å²) >= 11 is 0. The van der Waals surface area contributed by atoms with Crippen LogP contribution in [0.15, 0.2) is 30.3 Å². The summed E-state index contributed by atoms with van der Waals surface area (Å²) in [5.74, 6) is -0.819. The third kappa shape index (κ3) is 6.08. The van der Waals surface area contributed by atoms with E-state index >= 15 is 0 Å². The number of piperidine rings is 1. The number of hydrogen-bond acceptors (Lipinski definition) is 5. The number of benzene rings is 1. The van der Waals surface area contributed by atoms with Gasteiger partial charge in [0.05, 0.1) is 25.0 Å². The first-order valence-electron chi connectivity index (χ1n) is 11.5. The van der Waals surface area contributed by atoms with Crippen molar-refractivity contribution in [3.63, 3.8) is 0 Å². The van der Waals surface area contributed by atoms with Crippen molar-refractivity contribution in [2.45, 2.75) is 58.0 Å². The van der Waals surface area contributed by atoms with Gasteiger partial charge in [0.15, 0.2) is 0 Å². The number of hydrogen-bond donors (Lipinski definition) is 1. The standard InChI is InChI=1S/C24H33N3O5/c1-3-32-23(30)10-9-21(28)25-20-11-13-26(14-12-20)24(31)19-15-22(29)27(16-19)17(2)18-7-5-4-6-8-18/h4-8,17,19-20H,3,9-16H2,1-2H3,(H,25,28). The van der Waals surface area contributed by atoms with Crippen LogP contribution in [0.1, 0.15) is 57.6 Å². The molecule has 0 saturated carbocycles. The third-order valence-corrected chi connectivity index (χ3v) is 6.29. The van der Waals surface area contributed by atoms with Crippen LogP contribution in [0.2, 0.25) is 0 Å². The summed E-state index contributed by atoms with van der Waals surface area (Å²) in [6, 6.07) is 9.79. The highest BCUT2D eigenvalue weighted by molar-refractivity contribution is 5.89. The molecule has 2 aliphatic heterocycles. The summed E-state index contributed by atoms with van der Waals surface area (Å²) in [5, 5.41) is 2.95. The van der Waals surface area contributed by atoms with E-state index in [2.05, 4.69) is 5.32 Å². The van der Waals surface area contributed by atoms with Crippen LogP contribution in [-0.2, 0) is 23.9 Å². The van der Waals surface area contributed by atoms with Crippen molar-refractivity contribution in [2.24, 2.45) is 5.92 Å². The fourth-order valence-electron chi connectivity index (χ4n) is 4.43. The first-order chi connectivity index (χ1) is 15.4. The van der Waals surface area contributed by atoms with E-state index in [-0.39, 0.29) is 61.0 Å². The molecule has 8 heteroatoms. The number of carbonyl (C=O) groups is 4. The van der Waals surface area contributed by atoms with Crippen molar-refractivity contribution in [1.82, 2.24) is 15.1 Å². The minimum Gasteiger partial charge on any atom is -0.466 e. The van der Waals surface area contributed by atoms with Crippen LogP contribution in [-0.4, -0.2) is 65.8 Å². The summed E-state index contributed by atoms with van der Waals surface area (Å²) in [6.45, 7) is 5.59. The molecule has 0 aliphatic carbocycles. The average molecular weight is 444 g/mol. The predicted octanol–water partition coefficient (Wildman–Crippen LogP) is 2.05. The predicted molar refractivity (Wildman–Crippen MR) is 118 cm³/mol. The first-order valence-corrected chi connectivity index (χ1v) is 11.5. The number of carbonyl (C=O) groups excluding carboxylic acids is 4. The van der Waals surface area contributed by atoms with Gasteiger partial charge in [0.1, 0.15) is 0 Å². The largest absolute Gasteiger partial charge is 0.466 e.